The van der Waals surface area contributed by atoms with Gasteiger partial charge in [-0.1, -0.05) is 5.10 Å². The number of ether oxygens (including phenoxy) is 2. The van der Waals surface area contributed by atoms with Crippen molar-refractivity contribution in [3.05, 3.63) is 22.4 Å². The minimum Gasteiger partial charge on any atom is -0.358 e. The zero-order valence-corrected chi connectivity index (χ0v) is 7.91. The summed E-state index contributed by atoms with van der Waals surface area (Å²) in [4.78, 5) is 10.00. The largest absolute Gasteiger partial charge is 0.358 e. The molecule has 0 spiro atoms. The van der Waals surface area contributed by atoms with Crippen molar-refractivity contribution in [2.45, 2.75) is 12.8 Å². The summed E-state index contributed by atoms with van der Waals surface area (Å²) < 4.78 is 11.0. The van der Waals surface area contributed by atoms with Crippen LogP contribution in [0.5, 0.6) is 0 Å². The molecule has 0 saturated heterocycles. The number of nitro groups is 1. The molecular weight excluding hydrogens is 190 g/mol. The molecule has 7 heteroatoms. The highest BCUT2D eigenvalue weighted by molar-refractivity contribution is 5.16. The van der Waals surface area contributed by atoms with E-state index in [9.17, 15) is 10.1 Å². The van der Waals surface area contributed by atoms with Gasteiger partial charge in [-0.3, -0.25) is 0 Å². The van der Waals surface area contributed by atoms with Crippen LogP contribution < -0.4 is 0 Å². The van der Waals surface area contributed by atoms with Crippen LogP contribution in [-0.2, 0) is 16.0 Å². The van der Waals surface area contributed by atoms with Crippen molar-refractivity contribution in [1.82, 2.24) is 9.78 Å². The summed E-state index contributed by atoms with van der Waals surface area (Å²) in [6, 6.07) is 1.32. The Bertz CT molecular complexity index is 308. The standard InChI is InChI=1S/C7H11N3O4/c1-13-7(14-2)5-9-6(10(11)12)3-4-8-9/h3-4,7H,5H2,1-2H3. The topological polar surface area (TPSA) is 79.4 Å². The lowest BCUT2D eigenvalue weighted by Crippen LogP contribution is -2.22. The van der Waals surface area contributed by atoms with Crippen molar-refractivity contribution in [1.29, 1.82) is 0 Å². The number of hydrogen-bond donors (Lipinski definition) is 0. The molecule has 1 heterocycles. The number of rotatable bonds is 5. The molecule has 0 aromatic carbocycles. The van der Waals surface area contributed by atoms with E-state index >= 15 is 0 Å². The Balaban J connectivity index is 2.75. The fourth-order valence-corrected chi connectivity index (χ4v) is 1.01. The summed E-state index contributed by atoms with van der Waals surface area (Å²) in [5.41, 5.74) is 0. The molecule has 1 aromatic heterocycles. The Hall–Kier alpha value is -1.47. The highest BCUT2D eigenvalue weighted by atomic mass is 16.7. The van der Waals surface area contributed by atoms with Gasteiger partial charge in [-0.2, -0.15) is 0 Å². The first-order chi connectivity index (χ1) is 6.69. The Morgan fingerprint density at radius 3 is 2.79 bits per heavy atom. The molecule has 0 bridgehead atoms. The Labute approximate surface area is 80.4 Å². The van der Waals surface area contributed by atoms with Gasteiger partial charge in [0.1, 0.15) is 0 Å². The summed E-state index contributed by atoms with van der Waals surface area (Å²) in [5, 5.41) is 14.3. The van der Waals surface area contributed by atoms with Gasteiger partial charge < -0.3 is 19.6 Å². The van der Waals surface area contributed by atoms with E-state index in [1.165, 1.54) is 31.2 Å². The molecule has 0 N–H and O–H groups in total. The molecule has 0 aliphatic heterocycles. The molecule has 0 atom stereocenters. The fraction of sp³-hybridized carbons (Fsp3) is 0.571. The number of aromatic nitrogens is 2. The molecule has 78 valence electrons. The molecule has 1 rings (SSSR count). The molecule has 0 saturated carbocycles. The average Bonchev–Trinajstić information content (AvgIpc) is 2.62. The second-order valence-electron chi connectivity index (χ2n) is 2.53. The van der Waals surface area contributed by atoms with Gasteiger partial charge in [0.05, 0.1) is 12.3 Å². The van der Waals surface area contributed by atoms with Crippen molar-refractivity contribution < 1.29 is 14.4 Å². The van der Waals surface area contributed by atoms with Crippen LogP contribution in [0, 0.1) is 10.1 Å². The Morgan fingerprint density at radius 2 is 2.29 bits per heavy atom. The average molecular weight is 201 g/mol. The van der Waals surface area contributed by atoms with E-state index in [1.54, 1.807) is 0 Å². The monoisotopic (exact) mass is 201 g/mol. The fourth-order valence-electron chi connectivity index (χ4n) is 1.01. The highest BCUT2D eigenvalue weighted by Crippen LogP contribution is 2.10. The summed E-state index contributed by atoms with van der Waals surface area (Å²) >= 11 is 0. The second-order valence-corrected chi connectivity index (χ2v) is 2.53. The van der Waals surface area contributed by atoms with Gasteiger partial charge in [-0.25, -0.2) is 0 Å². The van der Waals surface area contributed by atoms with Crippen molar-refractivity contribution >= 4 is 5.82 Å². The van der Waals surface area contributed by atoms with E-state index < -0.39 is 11.2 Å². The highest BCUT2D eigenvalue weighted by Gasteiger charge is 2.18. The lowest BCUT2D eigenvalue weighted by Gasteiger charge is -2.10. The lowest BCUT2D eigenvalue weighted by atomic mass is 10.6. The zero-order valence-electron chi connectivity index (χ0n) is 7.91. The smallest absolute Gasteiger partial charge is 0.345 e. The third-order valence-corrected chi connectivity index (χ3v) is 1.73. The first-order valence-corrected chi connectivity index (χ1v) is 3.90. The van der Waals surface area contributed by atoms with E-state index in [1.807, 2.05) is 0 Å². The molecule has 0 radical (unpaired) electrons. The molecule has 0 unspecified atom stereocenters. The summed E-state index contributed by atoms with van der Waals surface area (Å²) in [6.07, 6.45) is 0.828. The van der Waals surface area contributed by atoms with E-state index in [0.29, 0.717) is 0 Å². The first-order valence-electron chi connectivity index (χ1n) is 3.90. The predicted molar refractivity (Wildman–Crippen MR) is 46.7 cm³/mol. The van der Waals surface area contributed by atoms with Crippen molar-refractivity contribution in [2.24, 2.45) is 0 Å². The third-order valence-electron chi connectivity index (χ3n) is 1.73. The van der Waals surface area contributed by atoms with Crippen molar-refractivity contribution in [2.75, 3.05) is 14.2 Å². The van der Waals surface area contributed by atoms with Gasteiger partial charge in [-0.05, 0) is 4.92 Å². The molecule has 1 aromatic rings. The number of hydrogen-bond acceptors (Lipinski definition) is 5. The van der Waals surface area contributed by atoms with Gasteiger partial charge in [0.15, 0.2) is 12.8 Å². The maximum absolute atomic E-state index is 10.5. The number of methoxy groups -OCH3 is 2. The molecular formula is C7H11N3O4. The van der Waals surface area contributed by atoms with Crippen LogP contribution >= 0.6 is 0 Å². The van der Waals surface area contributed by atoms with Gasteiger partial charge in [-0.15, -0.1) is 4.68 Å². The van der Waals surface area contributed by atoms with E-state index in [-0.39, 0.29) is 12.4 Å². The maximum atomic E-state index is 10.5. The first kappa shape index (κ1) is 10.6. The molecule has 0 aliphatic rings. The van der Waals surface area contributed by atoms with Crippen LogP contribution in [0.1, 0.15) is 0 Å². The quantitative estimate of drug-likeness (QED) is 0.391. The second kappa shape index (κ2) is 4.68. The van der Waals surface area contributed by atoms with Gasteiger partial charge in [0.2, 0.25) is 0 Å². The Morgan fingerprint density at radius 1 is 1.64 bits per heavy atom. The van der Waals surface area contributed by atoms with Crippen molar-refractivity contribution in [3.8, 4) is 0 Å². The summed E-state index contributed by atoms with van der Waals surface area (Å²) in [6.45, 7) is 0.191. The Kier molecular flexibility index (Phi) is 3.55. The van der Waals surface area contributed by atoms with E-state index in [4.69, 9.17) is 9.47 Å². The number of nitrogens with zero attached hydrogens (tertiary/aromatic N) is 3. The molecule has 14 heavy (non-hydrogen) atoms. The normalized spacial score (nSPS) is 10.8. The van der Waals surface area contributed by atoms with Crippen LogP contribution in [0.3, 0.4) is 0 Å². The predicted octanol–water partition coefficient (Wildman–Crippen LogP) is 0.410. The summed E-state index contributed by atoms with van der Waals surface area (Å²) in [5.74, 6) is -0.0795. The van der Waals surface area contributed by atoms with Crippen LogP contribution in [0.25, 0.3) is 0 Å². The van der Waals surface area contributed by atoms with E-state index in [0.717, 1.165) is 0 Å². The van der Waals surface area contributed by atoms with Crippen LogP contribution in [0.15, 0.2) is 12.3 Å². The molecule has 0 fully saturated rings. The zero-order chi connectivity index (χ0) is 10.6. The summed E-state index contributed by atoms with van der Waals surface area (Å²) in [7, 11) is 2.92. The van der Waals surface area contributed by atoms with E-state index in [2.05, 4.69) is 5.10 Å². The van der Waals surface area contributed by atoms with Gasteiger partial charge in [0, 0.05) is 14.2 Å². The molecule has 0 aliphatic carbocycles. The van der Waals surface area contributed by atoms with Crippen LogP contribution in [0.2, 0.25) is 0 Å². The third kappa shape index (κ3) is 2.27. The SMILES string of the molecule is COC(Cn1nccc1[N+](=O)[O-])OC. The van der Waals surface area contributed by atoms with Crippen LogP contribution in [0.4, 0.5) is 5.82 Å². The minimum absolute atomic E-state index is 0.0795. The maximum Gasteiger partial charge on any atom is 0.345 e. The molecule has 0 amide bonds. The van der Waals surface area contributed by atoms with Crippen molar-refractivity contribution in [3.63, 3.8) is 0 Å². The lowest BCUT2D eigenvalue weighted by molar-refractivity contribution is -0.393. The molecule has 7 nitrogen and oxygen atoms in total. The van der Waals surface area contributed by atoms with Gasteiger partial charge >= 0.3 is 5.82 Å². The van der Waals surface area contributed by atoms with Crippen LogP contribution in [-0.4, -0.2) is 35.2 Å². The minimum atomic E-state index is -0.534. The van der Waals surface area contributed by atoms with Gasteiger partial charge in [0.25, 0.3) is 0 Å².